The van der Waals surface area contributed by atoms with Crippen LogP contribution in [-0.2, 0) is 0 Å². The summed E-state index contributed by atoms with van der Waals surface area (Å²) in [6.07, 6.45) is 0. The number of nitrogens with two attached hydrogens (primary N) is 1. The standard InChI is InChI=1S/C14H13BrClFN2/c15-9-1-6-13(17)12(7-9)14(8-18)19-11-4-2-10(16)3-5-11/h1-7,14,19H,8,18H2. The number of hydrogen-bond acceptors (Lipinski definition) is 2. The molecule has 0 bridgehead atoms. The first-order valence-electron chi connectivity index (χ1n) is 5.77. The van der Waals surface area contributed by atoms with Crippen LogP contribution in [0.25, 0.3) is 0 Å². The Morgan fingerprint density at radius 1 is 1.21 bits per heavy atom. The van der Waals surface area contributed by atoms with Gasteiger partial charge in [0.25, 0.3) is 0 Å². The molecule has 0 aliphatic heterocycles. The van der Waals surface area contributed by atoms with Gasteiger partial charge in [0, 0.05) is 27.3 Å². The molecule has 2 rings (SSSR count). The van der Waals surface area contributed by atoms with E-state index < -0.39 is 0 Å². The maximum atomic E-state index is 13.8. The zero-order valence-electron chi connectivity index (χ0n) is 10.0. The molecule has 2 aromatic rings. The minimum Gasteiger partial charge on any atom is -0.377 e. The van der Waals surface area contributed by atoms with E-state index in [4.69, 9.17) is 17.3 Å². The number of nitrogens with one attached hydrogen (secondary N) is 1. The van der Waals surface area contributed by atoms with E-state index in [2.05, 4.69) is 21.2 Å². The maximum Gasteiger partial charge on any atom is 0.128 e. The Morgan fingerprint density at radius 3 is 2.53 bits per heavy atom. The molecule has 0 saturated heterocycles. The number of hydrogen-bond donors (Lipinski definition) is 2. The minimum atomic E-state index is -0.293. The lowest BCUT2D eigenvalue weighted by molar-refractivity contribution is 0.593. The molecule has 0 fully saturated rings. The second-order valence-electron chi connectivity index (χ2n) is 4.11. The summed E-state index contributed by atoms with van der Waals surface area (Å²) in [7, 11) is 0. The number of benzene rings is 2. The SMILES string of the molecule is NCC(Nc1ccc(Cl)cc1)c1cc(Br)ccc1F. The molecule has 0 spiro atoms. The van der Waals surface area contributed by atoms with Crippen molar-refractivity contribution in [3.8, 4) is 0 Å². The fourth-order valence-electron chi connectivity index (χ4n) is 1.79. The summed E-state index contributed by atoms with van der Waals surface area (Å²) >= 11 is 9.16. The number of rotatable bonds is 4. The van der Waals surface area contributed by atoms with Gasteiger partial charge in [-0.3, -0.25) is 0 Å². The van der Waals surface area contributed by atoms with Crippen LogP contribution in [0.5, 0.6) is 0 Å². The molecule has 2 aromatic carbocycles. The highest BCUT2D eigenvalue weighted by Gasteiger charge is 2.14. The molecule has 0 saturated carbocycles. The summed E-state index contributed by atoms with van der Waals surface area (Å²) in [5.74, 6) is -0.278. The first-order chi connectivity index (χ1) is 9.10. The molecule has 0 aliphatic rings. The summed E-state index contributed by atoms with van der Waals surface area (Å²) in [5.41, 5.74) is 7.11. The highest BCUT2D eigenvalue weighted by atomic mass is 79.9. The Kier molecular flexibility index (Phi) is 4.80. The van der Waals surface area contributed by atoms with Gasteiger partial charge in [-0.2, -0.15) is 0 Å². The van der Waals surface area contributed by atoms with Crippen LogP contribution in [0.4, 0.5) is 10.1 Å². The Labute approximate surface area is 124 Å². The lowest BCUT2D eigenvalue weighted by Gasteiger charge is -2.19. The molecule has 0 amide bonds. The Balaban J connectivity index is 2.24. The highest BCUT2D eigenvalue weighted by molar-refractivity contribution is 9.10. The largest absolute Gasteiger partial charge is 0.377 e. The predicted molar refractivity (Wildman–Crippen MR) is 81.0 cm³/mol. The molecule has 0 aromatic heterocycles. The number of halogens is 3. The third kappa shape index (κ3) is 3.69. The Hall–Kier alpha value is -1.10. The zero-order valence-corrected chi connectivity index (χ0v) is 12.4. The normalized spacial score (nSPS) is 12.2. The third-order valence-corrected chi connectivity index (χ3v) is 3.50. The monoisotopic (exact) mass is 342 g/mol. The van der Waals surface area contributed by atoms with Crippen LogP contribution in [0.1, 0.15) is 11.6 Å². The van der Waals surface area contributed by atoms with Crippen molar-refractivity contribution < 1.29 is 4.39 Å². The molecular formula is C14H13BrClFN2. The summed E-state index contributed by atoms with van der Waals surface area (Å²) < 4.78 is 14.7. The van der Waals surface area contributed by atoms with E-state index in [9.17, 15) is 4.39 Å². The van der Waals surface area contributed by atoms with Gasteiger partial charge in [-0.25, -0.2) is 4.39 Å². The predicted octanol–water partition coefficient (Wildman–Crippen LogP) is 4.35. The molecule has 0 heterocycles. The lowest BCUT2D eigenvalue weighted by atomic mass is 10.1. The van der Waals surface area contributed by atoms with Gasteiger partial charge in [0.05, 0.1) is 6.04 Å². The van der Waals surface area contributed by atoms with E-state index in [1.165, 1.54) is 6.07 Å². The molecule has 5 heteroatoms. The Bertz CT molecular complexity index is 560. The van der Waals surface area contributed by atoms with Crippen LogP contribution < -0.4 is 11.1 Å². The molecule has 0 radical (unpaired) electrons. The molecule has 0 aliphatic carbocycles. The topological polar surface area (TPSA) is 38.0 Å². The van der Waals surface area contributed by atoms with Crippen molar-refractivity contribution in [3.05, 3.63) is 63.3 Å². The Morgan fingerprint density at radius 2 is 1.89 bits per heavy atom. The van der Waals surface area contributed by atoms with E-state index in [0.717, 1.165) is 10.2 Å². The first-order valence-corrected chi connectivity index (χ1v) is 6.94. The van der Waals surface area contributed by atoms with E-state index in [1.807, 2.05) is 12.1 Å². The molecule has 100 valence electrons. The van der Waals surface area contributed by atoms with Gasteiger partial charge < -0.3 is 11.1 Å². The molecule has 1 unspecified atom stereocenters. The summed E-state index contributed by atoms with van der Waals surface area (Å²) in [5, 5.41) is 3.85. The number of anilines is 1. The van der Waals surface area contributed by atoms with Crippen molar-refractivity contribution in [3.63, 3.8) is 0 Å². The van der Waals surface area contributed by atoms with Crippen LogP contribution in [-0.4, -0.2) is 6.54 Å². The van der Waals surface area contributed by atoms with Crippen molar-refractivity contribution in [2.24, 2.45) is 5.73 Å². The maximum absolute atomic E-state index is 13.8. The van der Waals surface area contributed by atoms with Gasteiger partial charge in [-0.15, -0.1) is 0 Å². The quantitative estimate of drug-likeness (QED) is 0.866. The first kappa shape index (κ1) is 14.3. The zero-order chi connectivity index (χ0) is 13.8. The van der Waals surface area contributed by atoms with Crippen LogP contribution in [0.3, 0.4) is 0 Å². The van der Waals surface area contributed by atoms with Gasteiger partial charge in [0.2, 0.25) is 0 Å². The fourth-order valence-corrected chi connectivity index (χ4v) is 2.30. The molecule has 19 heavy (non-hydrogen) atoms. The summed E-state index contributed by atoms with van der Waals surface area (Å²) in [6.45, 7) is 0.288. The minimum absolute atomic E-state index is 0.278. The lowest BCUT2D eigenvalue weighted by Crippen LogP contribution is -2.21. The summed E-state index contributed by atoms with van der Waals surface area (Å²) in [4.78, 5) is 0. The molecule has 3 N–H and O–H groups in total. The van der Waals surface area contributed by atoms with Crippen molar-refractivity contribution in [2.45, 2.75) is 6.04 Å². The van der Waals surface area contributed by atoms with Crippen molar-refractivity contribution in [1.29, 1.82) is 0 Å². The van der Waals surface area contributed by atoms with Gasteiger partial charge in [0.1, 0.15) is 5.82 Å². The molecule has 1 atom stereocenters. The fraction of sp³-hybridized carbons (Fsp3) is 0.143. The highest BCUT2D eigenvalue weighted by Crippen LogP contribution is 2.25. The second kappa shape index (κ2) is 6.37. The van der Waals surface area contributed by atoms with Crippen LogP contribution in [0, 0.1) is 5.82 Å². The molecule has 2 nitrogen and oxygen atoms in total. The van der Waals surface area contributed by atoms with Crippen molar-refractivity contribution >= 4 is 33.2 Å². The smallest absolute Gasteiger partial charge is 0.128 e. The van der Waals surface area contributed by atoms with E-state index >= 15 is 0 Å². The van der Waals surface area contributed by atoms with Gasteiger partial charge in [-0.1, -0.05) is 27.5 Å². The van der Waals surface area contributed by atoms with E-state index in [-0.39, 0.29) is 18.4 Å². The van der Waals surface area contributed by atoms with Gasteiger partial charge >= 0.3 is 0 Å². The van der Waals surface area contributed by atoms with Gasteiger partial charge in [-0.05, 0) is 42.5 Å². The van der Waals surface area contributed by atoms with Gasteiger partial charge in [0.15, 0.2) is 0 Å². The van der Waals surface area contributed by atoms with Crippen molar-refractivity contribution in [2.75, 3.05) is 11.9 Å². The van der Waals surface area contributed by atoms with Crippen molar-refractivity contribution in [1.82, 2.24) is 0 Å². The molecular weight excluding hydrogens is 331 g/mol. The second-order valence-corrected chi connectivity index (χ2v) is 5.46. The van der Waals surface area contributed by atoms with E-state index in [1.54, 1.807) is 24.3 Å². The van der Waals surface area contributed by atoms with Crippen LogP contribution >= 0.6 is 27.5 Å². The van der Waals surface area contributed by atoms with Crippen LogP contribution in [0.2, 0.25) is 5.02 Å². The summed E-state index contributed by atoms with van der Waals surface area (Å²) in [6, 6.07) is 11.7. The van der Waals surface area contributed by atoms with E-state index in [0.29, 0.717) is 10.6 Å². The van der Waals surface area contributed by atoms with Crippen LogP contribution in [0.15, 0.2) is 46.9 Å². The average molecular weight is 344 g/mol. The average Bonchev–Trinajstić information content (AvgIpc) is 2.41. The third-order valence-electron chi connectivity index (χ3n) is 2.75.